The fourth-order valence-corrected chi connectivity index (χ4v) is 1.22. The smallest absolute Gasteiger partial charge is 0.251 e. The molecule has 0 saturated carbocycles. The second-order valence-corrected chi connectivity index (χ2v) is 5.31. The summed E-state index contributed by atoms with van der Waals surface area (Å²) in [7, 11) is 0. The molecule has 1 amide bonds. The Morgan fingerprint density at radius 1 is 1.31 bits per heavy atom. The number of nitrogens with one attached hydrogen (secondary N) is 1. The Bertz CT molecular complexity index is 368. The van der Waals surface area contributed by atoms with Crippen molar-refractivity contribution in [1.29, 1.82) is 0 Å². The van der Waals surface area contributed by atoms with Crippen molar-refractivity contribution in [2.24, 2.45) is 0 Å². The van der Waals surface area contributed by atoms with Gasteiger partial charge in [0.1, 0.15) is 0 Å². The lowest BCUT2D eigenvalue weighted by atomic mass is 10.0. The van der Waals surface area contributed by atoms with E-state index in [4.69, 9.17) is 11.6 Å². The van der Waals surface area contributed by atoms with E-state index in [0.29, 0.717) is 5.56 Å². The van der Waals surface area contributed by atoms with Crippen molar-refractivity contribution in [2.45, 2.75) is 38.6 Å². The van der Waals surface area contributed by atoms with Gasteiger partial charge in [-0.25, -0.2) is 0 Å². The predicted octanol–water partition coefficient (Wildman–Crippen LogP) is 3.13. The highest BCUT2D eigenvalue weighted by atomic mass is 35.5. The van der Waals surface area contributed by atoms with Crippen LogP contribution in [0.15, 0.2) is 24.3 Å². The van der Waals surface area contributed by atoms with Crippen LogP contribution in [0.3, 0.4) is 0 Å². The maximum atomic E-state index is 11.9. The predicted molar refractivity (Wildman–Crippen MR) is 68.0 cm³/mol. The molecule has 0 bridgehead atoms. The van der Waals surface area contributed by atoms with Crippen molar-refractivity contribution in [3.8, 4) is 0 Å². The Labute approximate surface area is 102 Å². The Balaban J connectivity index is 2.77. The molecule has 1 aromatic rings. The number of halogens is 1. The van der Waals surface area contributed by atoms with E-state index in [2.05, 4.69) is 5.32 Å². The van der Waals surface area contributed by atoms with Crippen LogP contribution in [-0.2, 0) is 0 Å². The summed E-state index contributed by atoms with van der Waals surface area (Å²) in [4.78, 5) is 11.9. The molecule has 3 heteroatoms. The number of aryl methyl sites for hydroxylation is 1. The van der Waals surface area contributed by atoms with E-state index >= 15 is 0 Å². The molecular weight excluding hydrogens is 222 g/mol. The molecule has 1 unspecified atom stereocenters. The second kappa shape index (κ2) is 4.88. The monoisotopic (exact) mass is 239 g/mol. The summed E-state index contributed by atoms with van der Waals surface area (Å²) in [5.74, 6) is -0.0856. The van der Waals surface area contributed by atoms with Gasteiger partial charge >= 0.3 is 0 Å². The first-order chi connectivity index (χ1) is 7.33. The molecule has 16 heavy (non-hydrogen) atoms. The van der Waals surface area contributed by atoms with Crippen molar-refractivity contribution >= 4 is 17.5 Å². The average molecular weight is 240 g/mol. The Hall–Kier alpha value is -1.02. The third-order valence-corrected chi connectivity index (χ3v) is 3.29. The Morgan fingerprint density at radius 2 is 1.81 bits per heavy atom. The summed E-state index contributed by atoms with van der Waals surface area (Å²) in [6.45, 7) is 7.69. The number of amides is 1. The zero-order valence-corrected chi connectivity index (χ0v) is 10.9. The fourth-order valence-electron chi connectivity index (χ4n) is 1.17. The average Bonchev–Trinajstić information content (AvgIpc) is 2.17. The fraction of sp³-hybridized carbons (Fsp3) is 0.462. The molecule has 1 rings (SSSR count). The highest BCUT2D eigenvalue weighted by Gasteiger charge is 2.26. The van der Waals surface area contributed by atoms with Gasteiger partial charge in [-0.1, -0.05) is 17.7 Å². The van der Waals surface area contributed by atoms with Crippen LogP contribution in [-0.4, -0.2) is 16.8 Å². The molecule has 88 valence electrons. The normalized spacial score (nSPS) is 13.3. The van der Waals surface area contributed by atoms with Crippen LogP contribution in [0.5, 0.6) is 0 Å². The number of alkyl halides is 1. The second-order valence-electron chi connectivity index (χ2n) is 4.66. The van der Waals surface area contributed by atoms with Gasteiger partial charge in [0.25, 0.3) is 5.91 Å². The van der Waals surface area contributed by atoms with E-state index in [1.54, 1.807) is 0 Å². The molecule has 0 heterocycles. The molecular formula is C13H18ClNO. The molecule has 0 aliphatic rings. The first-order valence-electron chi connectivity index (χ1n) is 5.36. The standard InChI is InChI=1S/C13H18ClNO/c1-9-5-7-11(8-6-9)12(16)15-13(3,4)10(2)14/h5-8,10H,1-4H3,(H,15,16). The number of benzene rings is 1. The van der Waals surface area contributed by atoms with Gasteiger partial charge in [0, 0.05) is 5.56 Å². The van der Waals surface area contributed by atoms with Gasteiger partial charge in [-0.05, 0) is 39.8 Å². The third kappa shape index (κ3) is 3.24. The zero-order valence-electron chi connectivity index (χ0n) is 10.2. The first kappa shape index (κ1) is 13.0. The first-order valence-corrected chi connectivity index (χ1v) is 5.80. The molecule has 0 aliphatic carbocycles. The number of carbonyl (C=O) groups is 1. The van der Waals surface area contributed by atoms with Crippen LogP contribution >= 0.6 is 11.6 Å². The minimum atomic E-state index is -0.413. The van der Waals surface area contributed by atoms with Crippen LogP contribution in [0.1, 0.15) is 36.7 Å². The minimum Gasteiger partial charge on any atom is -0.346 e. The van der Waals surface area contributed by atoms with Gasteiger partial charge in [-0.15, -0.1) is 11.6 Å². The lowest BCUT2D eigenvalue weighted by Crippen LogP contribution is -2.49. The van der Waals surface area contributed by atoms with E-state index in [-0.39, 0.29) is 11.3 Å². The van der Waals surface area contributed by atoms with E-state index in [1.807, 2.05) is 52.0 Å². The molecule has 0 spiro atoms. The molecule has 0 fully saturated rings. The number of hydrogen-bond donors (Lipinski definition) is 1. The Kier molecular flexibility index (Phi) is 3.98. The van der Waals surface area contributed by atoms with Crippen LogP contribution in [0, 0.1) is 6.92 Å². The summed E-state index contributed by atoms with van der Waals surface area (Å²) in [6, 6.07) is 7.48. The van der Waals surface area contributed by atoms with Gasteiger partial charge in [0.05, 0.1) is 10.9 Å². The van der Waals surface area contributed by atoms with Gasteiger partial charge < -0.3 is 5.32 Å². The quantitative estimate of drug-likeness (QED) is 0.807. The third-order valence-electron chi connectivity index (χ3n) is 2.74. The van der Waals surface area contributed by atoms with Gasteiger partial charge in [-0.3, -0.25) is 4.79 Å². The molecule has 0 saturated heterocycles. The number of hydrogen-bond acceptors (Lipinski definition) is 1. The maximum Gasteiger partial charge on any atom is 0.251 e. The van der Waals surface area contributed by atoms with Crippen LogP contribution in [0.4, 0.5) is 0 Å². The molecule has 1 atom stereocenters. The number of carbonyl (C=O) groups excluding carboxylic acids is 1. The molecule has 1 N–H and O–H groups in total. The largest absolute Gasteiger partial charge is 0.346 e. The molecule has 0 aromatic heterocycles. The lowest BCUT2D eigenvalue weighted by Gasteiger charge is -2.28. The van der Waals surface area contributed by atoms with Crippen LogP contribution in [0.25, 0.3) is 0 Å². The minimum absolute atomic E-state index is 0.0856. The zero-order chi connectivity index (χ0) is 12.3. The summed E-state index contributed by atoms with van der Waals surface area (Å²) in [5, 5.41) is 2.80. The molecule has 2 nitrogen and oxygen atoms in total. The highest BCUT2D eigenvalue weighted by molar-refractivity contribution is 6.21. The number of rotatable bonds is 3. The maximum absolute atomic E-state index is 11.9. The SMILES string of the molecule is Cc1ccc(C(=O)NC(C)(C)C(C)Cl)cc1. The van der Waals surface area contributed by atoms with Crippen molar-refractivity contribution in [2.75, 3.05) is 0 Å². The van der Waals surface area contributed by atoms with Gasteiger partial charge in [0.15, 0.2) is 0 Å². The summed E-state index contributed by atoms with van der Waals surface area (Å²) < 4.78 is 0. The molecule has 0 radical (unpaired) electrons. The van der Waals surface area contributed by atoms with E-state index in [9.17, 15) is 4.79 Å². The summed E-state index contributed by atoms with van der Waals surface area (Å²) >= 11 is 6.01. The highest BCUT2D eigenvalue weighted by Crippen LogP contribution is 2.15. The molecule has 1 aromatic carbocycles. The lowest BCUT2D eigenvalue weighted by molar-refractivity contribution is 0.0912. The van der Waals surface area contributed by atoms with Gasteiger partial charge in [-0.2, -0.15) is 0 Å². The van der Waals surface area contributed by atoms with Crippen LogP contribution < -0.4 is 5.32 Å². The van der Waals surface area contributed by atoms with E-state index < -0.39 is 5.54 Å². The van der Waals surface area contributed by atoms with Crippen LogP contribution in [0.2, 0.25) is 0 Å². The van der Waals surface area contributed by atoms with Crippen molar-refractivity contribution < 1.29 is 4.79 Å². The summed E-state index contributed by atoms with van der Waals surface area (Å²) in [6.07, 6.45) is 0. The van der Waals surface area contributed by atoms with Gasteiger partial charge in [0.2, 0.25) is 0 Å². The van der Waals surface area contributed by atoms with E-state index in [1.165, 1.54) is 0 Å². The Morgan fingerprint density at radius 3 is 2.25 bits per heavy atom. The van der Waals surface area contributed by atoms with Crippen molar-refractivity contribution in [1.82, 2.24) is 5.32 Å². The summed E-state index contributed by atoms with van der Waals surface area (Å²) in [5.41, 5.74) is 1.39. The van der Waals surface area contributed by atoms with Crippen molar-refractivity contribution in [3.05, 3.63) is 35.4 Å². The topological polar surface area (TPSA) is 29.1 Å². The van der Waals surface area contributed by atoms with E-state index in [0.717, 1.165) is 5.56 Å². The molecule has 0 aliphatic heterocycles. The van der Waals surface area contributed by atoms with Crippen molar-refractivity contribution in [3.63, 3.8) is 0 Å².